The van der Waals surface area contributed by atoms with Gasteiger partial charge < -0.3 is 5.73 Å². The van der Waals surface area contributed by atoms with E-state index in [1.165, 1.54) is 6.20 Å². The molecule has 0 aliphatic carbocycles. The normalized spacial score (nSPS) is 10.5. The minimum Gasteiger partial charge on any atom is -0.330 e. The monoisotopic (exact) mass is 244 g/mol. The van der Waals surface area contributed by atoms with Crippen molar-refractivity contribution in [3.05, 3.63) is 42.2 Å². The van der Waals surface area contributed by atoms with Crippen molar-refractivity contribution in [3.63, 3.8) is 0 Å². The van der Waals surface area contributed by atoms with Crippen LogP contribution < -0.4 is 5.73 Å². The second-order valence-corrected chi connectivity index (χ2v) is 4.04. The van der Waals surface area contributed by atoms with Gasteiger partial charge in [-0.05, 0) is 31.5 Å². The molecule has 5 nitrogen and oxygen atoms in total. The van der Waals surface area contributed by atoms with E-state index in [1.54, 1.807) is 4.68 Å². The Morgan fingerprint density at radius 2 is 2.00 bits per heavy atom. The molecule has 0 amide bonds. The van der Waals surface area contributed by atoms with E-state index in [0.29, 0.717) is 18.7 Å². The molecule has 1 heterocycles. The molecule has 0 atom stereocenters. The van der Waals surface area contributed by atoms with Gasteiger partial charge in [0.15, 0.2) is 5.78 Å². The number of aromatic nitrogens is 3. The first-order valence-corrected chi connectivity index (χ1v) is 6.02. The van der Waals surface area contributed by atoms with Gasteiger partial charge in [0.25, 0.3) is 0 Å². The van der Waals surface area contributed by atoms with Gasteiger partial charge in [-0.1, -0.05) is 23.4 Å². The average molecular weight is 244 g/mol. The van der Waals surface area contributed by atoms with Crippen molar-refractivity contribution >= 4 is 5.78 Å². The fourth-order valence-electron chi connectivity index (χ4n) is 1.74. The summed E-state index contributed by atoms with van der Waals surface area (Å²) in [4.78, 5) is 12.0. The van der Waals surface area contributed by atoms with Gasteiger partial charge in [-0.15, -0.1) is 5.10 Å². The van der Waals surface area contributed by atoms with Gasteiger partial charge in [-0.3, -0.25) is 4.79 Å². The van der Waals surface area contributed by atoms with Crippen LogP contribution in [0.15, 0.2) is 36.5 Å². The van der Waals surface area contributed by atoms with Crippen LogP contribution >= 0.6 is 0 Å². The molecular weight excluding hydrogens is 228 g/mol. The molecule has 2 rings (SSSR count). The summed E-state index contributed by atoms with van der Waals surface area (Å²) in [5.41, 5.74) is 6.78. The molecule has 18 heavy (non-hydrogen) atoms. The fourth-order valence-corrected chi connectivity index (χ4v) is 1.74. The van der Waals surface area contributed by atoms with Gasteiger partial charge in [0, 0.05) is 6.42 Å². The van der Waals surface area contributed by atoms with Crippen LogP contribution in [0, 0.1) is 0 Å². The van der Waals surface area contributed by atoms with Crippen LogP contribution in [0.3, 0.4) is 0 Å². The number of benzene rings is 1. The molecule has 1 aromatic heterocycles. The van der Waals surface area contributed by atoms with Gasteiger partial charge in [0.1, 0.15) is 5.69 Å². The Bertz CT molecular complexity index is 507. The van der Waals surface area contributed by atoms with Crippen molar-refractivity contribution in [2.75, 3.05) is 6.54 Å². The highest BCUT2D eigenvalue weighted by molar-refractivity contribution is 5.94. The smallest absolute Gasteiger partial charge is 0.182 e. The van der Waals surface area contributed by atoms with E-state index >= 15 is 0 Å². The SMILES string of the molecule is NCCCCC(=O)c1cnnn1-c1ccccc1. The Kier molecular flexibility index (Phi) is 4.20. The number of carbonyl (C=O) groups excluding carboxylic acids is 1. The highest BCUT2D eigenvalue weighted by atomic mass is 16.1. The van der Waals surface area contributed by atoms with Crippen LogP contribution in [-0.2, 0) is 0 Å². The van der Waals surface area contributed by atoms with E-state index in [2.05, 4.69) is 10.3 Å². The molecule has 0 unspecified atom stereocenters. The van der Waals surface area contributed by atoms with Crippen LogP contribution in [0.4, 0.5) is 0 Å². The molecule has 0 saturated carbocycles. The van der Waals surface area contributed by atoms with Crippen molar-refractivity contribution in [2.45, 2.75) is 19.3 Å². The third kappa shape index (κ3) is 2.81. The second-order valence-electron chi connectivity index (χ2n) is 4.04. The summed E-state index contributed by atoms with van der Waals surface area (Å²) in [6.45, 7) is 0.615. The summed E-state index contributed by atoms with van der Waals surface area (Å²) in [5, 5.41) is 7.77. The lowest BCUT2D eigenvalue weighted by atomic mass is 10.1. The molecule has 94 valence electrons. The third-order valence-corrected chi connectivity index (χ3v) is 2.69. The largest absolute Gasteiger partial charge is 0.330 e. The lowest BCUT2D eigenvalue weighted by Gasteiger charge is -2.04. The Morgan fingerprint density at radius 1 is 1.22 bits per heavy atom. The van der Waals surface area contributed by atoms with Crippen molar-refractivity contribution in [1.82, 2.24) is 15.0 Å². The van der Waals surface area contributed by atoms with Crippen LogP contribution in [0.5, 0.6) is 0 Å². The first kappa shape index (κ1) is 12.4. The number of nitrogens with two attached hydrogens (primary N) is 1. The summed E-state index contributed by atoms with van der Waals surface area (Å²) in [6, 6.07) is 9.51. The quantitative estimate of drug-likeness (QED) is 0.618. The second kappa shape index (κ2) is 6.07. The zero-order valence-electron chi connectivity index (χ0n) is 10.1. The molecule has 0 bridgehead atoms. The number of ketones is 1. The maximum atomic E-state index is 12.0. The van der Waals surface area contributed by atoms with Gasteiger partial charge in [-0.25, -0.2) is 4.68 Å². The highest BCUT2D eigenvalue weighted by Gasteiger charge is 2.13. The summed E-state index contributed by atoms with van der Waals surface area (Å²) in [6.07, 6.45) is 3.66. The Balaban J connectivity index is 2.15. The molecule has 0 fully saturated rings. The Morgan fingerprint density at radius 3 is 2.72 bits per heavy atom. The van der Waals surface area contributed by atoms with Gasteiger partial charge in [0.2, 0.25) is 0 Å². The summed E-state index contributed by atoms with van der Waals surface area (Å²) in [7, 11) is 0. The predicted octanol–water partition coefficient (Wildman–Crippen LogP) is 1.58. The number of nitrogens with zero attached hydrogens (tertiary/aromatic N) is 3. The minimum atomic E-state index is 0.0531. The van der Waals surface area contributed by atoms with Gasteiger partial charge in [0.05, 0.1) is 11.9 Å². The van der Waals surface area contributed by atoms with E-state index in [4.69, 9.17) is 5.73 Å². The standard InChI is InChI=1S/C13H16N4O/c14-9-5-4-8-13(18)12-10-15-16-17(12)11-6-2-1-3-7-11/h1-3,6-7,10H,4-5,8-9,14H2. The van der Waals surface area contributed by atoms with Crippen molar-refractivity contribution in [1.29, 1.82) is 0 Å². The molecule has 0 aliphatic heterocycles. The first-order chi connectivity index (χ1) is 8.83. The molecule has 0 aliphatic rings. The highest BCUT2D eigenvalue weighted by Crippen LogP contribution is 2.11. The molecule has 2 N–H and O–H groups in total. The zero-order chi connectivity index (χ0) is 12.8. The molecule has 0 saturated heterocycles. The number of hydrogen-bond donors (Lipinski definition) is 1. The minimum absolute atomic E-state index is 0.0531. The third-order valence-electron chi connectivity index (χ3n) is 2.69. The number of unbranched alkanes of at least 4 members (excludes halogenated alkanes) is 1. The van der Waals surface area contributed by atoms with Crippen molar-refractivity contribution in [3.8, 4) is 5.69 Å². The number of carbonyl (C=O) groups is 1. The van der Waals surface area contributed by atoms with Crippen LogP contribution in [0.25, 0.3) is 5.69 Å². The summed E-state index contributed by atoms with van der Waals surface area (Å²) in [5.74, 6) is 0.0531. The van der Waals surface area contributed by atoms with E-state index in [9.17, 15) is 4.79 Å². The summed E-state index contributed by atoms with van der Waals surface area (Å²) < 4.78 is 1.57. The van der Waals surface area contributed by atoms with E-state index in [-0.39, 0.29) is 5.78 Å². The maximum Gasteiger partial charge on any atom is 0.182 e. The first-order valence-electron chi connectivity index (χ1n) is 6.02. The van der Waals surface area contributed by atoms with Crippen molar-refractivity contribution in [2.24, 2.45) is 5.73 Å². The molecule has 0 radical (unpaired) electrons. The topological polar surface area (TPSA) is 73.8 Å². The van der Waals surface area contributed by atoms with E-state index in [0.717, 1.165) is 18.5 Å². The molecule has 1 aromatic carbocycles. The van der Waals surface area contributed by atoms with Crippen LogP contribution in [0.2, 0.25) is 0 Å². The van der Waals surface area contributed by atoms with Gasteiger partial charge in [-0.2, -0.15) is 0 Å². The van der Waals surface area contributed by atoms with E-state index in [1.807, 2.05) is 30.3 Å². The molecule has 2 aromatic rings. The van der Waals surface area contributed by atoms with Gasteiger partial charge >= 0.3 is 0 Å². The Labute approximate surface area is 106 Å². The summed E-state index contributed by atoms with van der Waals surface area (Å²) >= 11 is 0. The van der Waals surface area contributed by atoms with Crippen LogP contribution in [-0.4, -0.2) is 27.3 Å². The fraction of sp³-hybridized carbons (Fsp3) is 0.308. The molecule has 0 spiro atoms. The average Bonchev–Trinajstić information content (AvgIpc) is 2.89. The zero-order valence-corrected chi connectivity index (χ0v) is 10.1. The van der Waals surface area contributed by atoms with Crippen molar-refractivity contribution < 1.29 is 4.79 Å². The lowest BCUT2D eigenvalue weighted by Crippen LogP contribution is -2.09. The number of Topliss-reactive ketones (excluding diaryl/α,β-unsaturated/α-hetero) is 1. The Hall–Kier alpha value is -2.01. The van der Waals surface area contributed by atoms with E-state index < -0.39 is 0 Å². The number of hydrogen-bond acceptors (Lipinski definition) is 4. The number of rotatable bonds is 6. The van der Waals surface area contributed by atoms with Crippen LogP contribution in [0.1, 0.15) is 29.8 Å². The predicted molar refractivity (Wildman–Crippen MR) is 68.6 cm³/mol. The maximum absolute atomic E-state index is 12.0. The lowest BCUT2D eigenvalue weighted by molar-refractivity contribution is 0.0972. The number of para-hydroxylation sites is 1. The molecule has 5 heteroatoms. The molecular formula is C13H16N4O.